The Morgan fingerprint density at radius 3 is 2.50 bits per heavy atom. The fourth-order valence-electron chi connectivity index (χ4n) is 2.23. The quantitative estimate of drug-likeness (QED) is 0.668. The van der Waals surface area contributed by atoms with Crippen molar-refractivity contribution in [1.29, 1.82) is 0 Å². The number of aromatic hydroxyl groups is 1. The Balaban J connectivity index is 2.57. The second-order valence-electron chi connectivity index (χ2n) is 5.11. The summed E-state index contributed by atoms with van der Waals surface area (Å²) in [7, 11) is 1.45. The van der Waals surface area contributed by atoms with E-state index < -0.39 is 5.97 Å². The van der Waals surface area contributed by atoms with Gasteiger partial charge in [0.1, 0.15) is 0 Å². The van der Waals surface area contributed by atoms with E-state index in [0.717, 1.165) is 11.1 Å². The number of phenolic OH excluding ortho intramolecular Hbond substituents is 1. The van der Waals surface area contributed by atoms with Crippen LogP contribution in [0.25, 0.3) is 11.6 Å². The Labute approximate surface area is 129 Å². The average Bonchev–Trinajstić information content (AvgIpc) is 2.48. The standard InChI is InChI=1S/C18H18O4/c1-11-4-5-12(2)14(8-11)15(18(20)21)9-13-6-7-16(19)17(10-13)22-3/h4-10,19H,1-3H3,(H,20,21)/b15-9-. The molecular weight excluding hydrogens is 280 g/mol. The van der Waals surface area contributed by atoms with Gasteiger partial charge in [-0.25, -0.2) is 4.79 Å². The van der Waals surface area contributed by atoms with Crippen LogP contribution in [0.5, 0.6) is 11.5 Å². The molecule has 4 heteroatoms. The van der Waals surface area contributed by atoms with Crippen LogP contribution >= 0.6 is 0 Å². The molecule has 0 saturated heterocycles. The minimum Gasteiger partial charge on any atom is -0.504 e. The third kappa shape index (κ3) is 3.28. The molecule has 22 heavy (non-hydrogen) atoms. The summed E-state index contributed by atoms with van der Waals surface area (Å²) in [5.41, 5.74) is 3.42. The van der Waals surface area contributed by atoms with Gasteiger partial charge in [-0.1, -0.05) is 29.8 Å². The van der Waals surface area contributed by atoms with Gasteiger partial charge in [-0.2, -0.15) is 0 Å². The second-order valence-corrected chi connectivity index (χ2v) is 5.11. The van der Waals surface area contributed by atoms with Gasteiger partial charge in [0.25, 0.3) is 0 Å². The zero-order chi connectivity index (χ0) is 16.3. The number of aryl methyl sites for hydroxylation is 2. The lowest BCUT2D eigenvalue weighted by Gasteiger charge is -2.09. The average molecular weight is 298 g/mol. The van der Waals surface area contributed by atoms with Crippen LogP contribution in [0.15, 0.2) is 36.4 Å². The summed E-state index contributed by atoms with van der Waals surface area (Å²) in [6.07, 6.45) is 1.58. The van der Waals surface area contributed by atoms with E-state index in [2.05, 4.69) is 0 Å². The van der Waals surface area contributed by atoms with Gasteiger partial charge in [-0.15, -0.1) is 0 Å². The van der Waals surface area contributed by atoms with Crippen molar-refractivity contribution in [3.8, 4) is 11.5 Å². The summed E-state index contributed by atoms with van der Waals surface area (Å²) in [4.78, 5) is 11.6. The molecule has 0 aliphatic rings. The van der Waals surface area contributed by atoms with E-state index in [0.29, 0.717) is 16.9 Å². The number of hydrogen-bond donors (Lipinski definition) is 2. The molecule has 2 N–H and O–H groups in total. The van der Waals surface area contributed by atoms with Crippen LogP contribution in [0.4, 0.5) is 0 Å². The van der Waals surface area contributed by atoms with Crippen molar-refractivity contribution in [2.24, 2.45) is 0 Å². The predicted molar refractivity (Wildman–Crippen MR) is 86.1 cm³/mol. The number of methoxy groups -OCH3 is 1. The highest BCUT2D eigenvalue weighted by atomic mass is 16.5. The molecule has 0 amide bonds. The molecule has 2 aromatic rings. The molecule has 0 aromatic heterocycles. The van der Waals surface area contributed by atoms with Gasteiger partial charge in [0.2, 0.25) is 0 Å². The van der Waals surface area contributed by atoms with Crippen LogP contribution in [0.1, 0.15) is 22.3 Å². The van der Waals surface area contributed by atoms with Crippen molar-refractivity contribution < 1.29 is 19.7 Å². The molecule has 0 fully saturated rings. The van der Waals surface area contributed by atoms with E-state index in [4.69, 9.17) is 4.74 Å². The zero-order valence-corrected chi connectivity index (χ0v) is 12.8. The molecule has 0 bridgehead atoms. The summed E-state index contributed by atoms with van der Waals surface area (Å²) in [6, 6.07) is 10.4. The highest BCUT2D eigenvalue weighted by Gasteiger charge is 2.14. The summed E-state index contributed by atoms with van der Waals surface area (Å²) in [5.74, 6) is -0.677. The first kappa shape index (κ1) is 15.6. The number of rotatable bonds is 4. The smallest absolute Gasteiger partial charge is 0.336 e. The fourth-order valence-corrected chi connectivity index (χ4v) is 2.23. The van der Waals surface area contributed by atoms with Crippen molar-refractivity contribution >= 4 is 17.6 Å². The monoisotopic (exact) mass is 298 g/mol. The second kappa shape index (κ2) is 6.35. The molecule has 114 valence electrons. The van der Waals surface area contributed by atoms with E-state index in [9.17, 15) is 15.0 Å². The predicted octanol–water partition coefficient (Wildman–Crippen LogP) is 3.64. The molecule has 2 aromatic carbocycles. The minimum absolute atomic E-state index is 0.0169. The number of carbonyl (C=O) groups is 1. The summed E-state index contributed by atoms with van der Waals surface area (Å²) < 4.78 is 5.05. The van der Waals surface area contributed by atoms with E-state index in [-0.39, 0.29) is 11.3 Å². The molecule has 0 saturated carbocycles. The van der Waals surface area contributed by atoms with Crippen LogP contribution < -0.4 is 4.74 Å². The number of aliphatic carboxylic acids is 1. The molecular formula is C18H18O4. The van der Waals surface area contributed by atoms with Crippen molar-refractivity contribution in [3.63, 3.8) is 0 Å². The van der Waals surface area contributed by atoms with Crippen molar-refractivity contribution in [2.75, 3.05) is 7.11 Å². The highest BCUT2D eigenvalue weighted by Crippen LogP contribution is 2.29. The van der Waals surface area contributed by atoms with Crippen LogP contribution in [0.2, 0.25) is 0 Å². The van der Waals surface area contributed by atoms with Crippen LogP contribution in [-0.4, -0.2) is 23.3 Å². The van der Waals surface area contributed by atoms with Crippen LogP contribution in [0, 0.1) is 13.8 Å². The number of ether oxygens (including phenoxy) is 1. The van der Waals surface area contributed by atoms with Crippen LogP contribution in [0.3, 0.4) is 0 Å². The molecule has 4 nitrogen and oxygen atoms in total. The normalized spacial score (nSPS) is 11.3. The molecule has 0 unspecified atom stereocenters. The maximum absolute atomic E-state index is 11.6. The third-order valence-electron chi connectivity index (χ3n) is 3.43. The van der Waals surface area contributed by atoms with Gasteiger partial charge in [-0.3, -0.25) is 0 Å². The van der Waals surface area contributed by atoms with Gasteiger partial charge >= 0.3 is 5.97 Å². The molecule has 0 radical (unpaired) electrons. The van der Waals surface area contributed by atoms with Crippen molar-refractivity contribution in [2.45, 2.75) is 13.8 Å². The van der Waals surface area contributed by atoms with Gasteiger partial charge in [0.05, 0.1) is 12.7 Å². The third-order valence-corrected chi connectivity index (χ3v) is 3.43. The lowest BCUT2D eigenvalue weighted by Crippen LogP contribution is -2.02. The molecule has 0 aliphatic carbocycles. The topological polar surface area (TPSA) is 66.8 Å². The summed E-state index contributed by atoms with van der Waals surface area (Å²) in [5, 5.41) is 19.1. The number of carboxylic acid groups (broad SMARTS) is 1. The SMILES string of the molecule is COc1cc(/C=C(\C(=O)O)c2cc(C)ccc2C)ccc1O. The Morgan fingerprint density at radius 2 is 1.86 bits per heavy atom. The number of hydrogen-bond acceptors (Lipinski definition) is 3. The van der Waals surface area contributed by atoms with E-state index in [1.165, 1.54) is 13.2 Å². The Bertz CT molecular complexity index is 745. The molecule has 0 aliphatic heterocycles. The first-order valence-corrected chi connectivity index (χ1v) is 6.82. The van der Waals surface area contributed by atoms with Gasteiger partial charge in [0.15, 0.2) is 11.5 Å². The molecule has 0 atom stereocenters. The van der Waals surface area contributed by atoms with Gasteiger partial charge in [-0.05, 0) is 48.7 Å². The maximum Gasteiger partial charge on any atom is 0.336 e. The highest BCUT2D eigenvalue weighted by molar-refractivity contribution is 6.21. The first-order chi connectivity index (χ1) is 10.4. The van der Waals surface area contributed by atoms with Crippen molar-refractivity contribution in [3.05, 3.63) is 58.7 Å². The molecule has 2 rings (SSSR count). The van der Waals surface area contributed by atoms with Gasteiger partial charge < -0.3 is 14.9 Å². The summed E-state index contributed by atoms with van der Waals surface area (Å²) >= 11 is 0. The molecule has 0 spiro atoms. The zero-order valence-electron chi connectivity index (χ0n) is 12.8. The maximum atomic E-state index is 11.6. The Kier molecular flexibility index (Phi) is 4.51. The lowest BCUT2D eigenvalue weighted by molar-refractivity contribution is -0.130. The first-order valence-electron chi connectivity index (χ1n) is 6.82. The number of carboxylic acids is 1. The van der Waals surface area contributed by atoms with E-state index in [1.807, 2.05) is 32.0 Å². The van der Waals surface area contributed by atoms with E-state index >= 15 is 0 Å². The van der Waals surface area contributed by atoms with Gasteiger partial charge in [0, 0.05) is 0 Å². The number of phenols is 1. The Hall–Kier alpha value is -2.75. The largest absolute Gasteiger partial charge is 0.504 e. The van der Waals surface area contributed by atoms with Crippen molar-refractivity contribution in [1.82, 2.24) is 0 Å². The molecule has 0 heterocycles. The lowest BCUT2D eigenvalue weighted by atomic mass is 9.96. The van der Waals surface area contributed by atoms with E-state index in [1.54, 1.807) is 18.2 Å². The minimum atomic E-state index is -0.999. The van der Waals surface area contributed by atoms with Crippen LogP contribution in [-0.2, 0) is 4.79 Å². The fraction of sp³-hybridized carbons (Fsp3) is 0.167. The summed E-state index contributed by atoms with van der Waals surface area (Å²) in [6.45, 7) is 3.80. The Morgan fingerprint density at radius 1 is 1.14 bits per heavy atom. The number of benzene rings is 2.